The van der Waals surface area contributed by atoms with Crippen LogP contribution in [0.2, 0.25) is 0 Å². The van der Waals surface area contributed by atoms with Crippen molar-refractivity contribution in [1.82, 2.24) is 14.9 Å². The number of fused-ring (bicyclic) bond motifs is 1. The minimum atomic E-state index is -0.0930. The van der Waals surface area contributed by atoms with E-state index in [1.807, 2.05) is 0 Å². The van der Waals surface area contributed by atoms with Gasteiger partial charge >= 0.3 is 0 Å². The summed E-state index contributed by atoms with van der Waals surface area (Å²) in [6.07, 6.45) is 3.76. The Morgan fingerprint density at radius 3 is 3.17 bits per heavy atom. The van der Waals surface area contributed by atoms with E-state index < -0.39 is 0 Å². The number of benzene rings is 1. The maximum absolute atomic E-state index is 12.3. The molecular weight excluding hydrogens is 230 g/mol. The van der Waals surface area contributed by atoms with E-state index in [0.717, 1.165) is 19.4 Å². The number of nitrogens with one attached hydrogen (secondary N) is 1. The summed E-state index contributed by atoms with van der Waals surface area (Å²) in [6.45, 7) is 1.65. The summed E-state index contributed by atoms with van der Waals surface area (Å²) < 4.78 is 1.62. The molecule has 2 aromatic rings. The minimum Gasteiger partial charge on any atom is -0.506 e. The molecular formula is C13H15N3O2. The zero-order valence-corrected chi connectivity index (χ0v) is 9.97. The van der Waals surface area contributed by atoms with Crippen LogP contribution in [0.25, 0.3) is 10.9 Å². The van der Waals surface area contributed by atoms with Gasteiger partial charge in [-0.2, -0.15) is 0 Å². The van der Waals surface area contributed by atoms with Crippen molar-refractivity contribution in [2.75, 3.05) is 6.54 Å². The third kappa shape index (κ3) is 1.86. The standard InChI is InChI=1S/C13H15N3O2/c17-11-5-1-4-10-12(11)15-8-16(13(10)18)7-9-3-2-6-14-9/h1,4-5,8-9,14,17H,2-3,6-7H2. The van der Waals surface area contributed by atoms with E-state index in [1.54, 1.807) is 16.7 Å². The van der Waals surface area contributed by atoms with Crippen molar-refractivity contribution in [3.63, 3.8) is 0 Å². The maximum atomic E-state index is 12.3. The molecule has 0 spiro atoms. The van der Waals surface area contributed by atoms with Gasteiger partial charge in [0.1, 0.15) is 11.3 Å². The molecule has 5 nitrogen and oxygen atoms in total. The topological polar surface area (TPSA) is 67.1 Å². The van der Waals surface area contributed by atoms with Gasteiger partial charge in [0.05, 0.1) is 11.7 Å². The largest absolute Gasteiger partial charge is 0.506 e. The van der Waals surface area contributed by atoms with Crippen LogP contribution < -0.4 is 10.9 Å². The minimum absolute atomic E-state index is 0.0516. The van der Waals surface area contributed by atoms with Crippen LogP contribution in [0.3, 0.4) is 0 Å². The second-order valence-corrected chi connectivity index (χ2v) is 4.67. The fourth-order valence-electron chi connectivity index (χ4n) is 2.45. The Hall–Kier alpha value is -1.88. The predicted octanol–water partition coefficient (Wildman–Crippen LogP) is 0.854. The Bertz CT molecular complexity index is 630. The summed E-state index contributed by atoms with van der Waals surface area (Å²) in [5.74, 6) is 0.0516. The van der Waals surface area contributed by atoms with Gasteiger partial charge in [0.2, 0.25) is 0 Å². The summed E-state index contributed by atoms with van der Waals surface area (Å²) in [7, 11) is 0. The molecule has 0 radical (unpaired) electrons. The highest BCUT2D eigenvalue weighted by atomic mass is 16.3. The summed E-state index contributed by atoms with van der Waals surface area (Å²) in [5, 5.41) is 13.5. The predicted molar refractivity (Wildman–Crippen MR) is 68.7 cm³/mol. The lowest BCUT2D eigenvalue weighted by Gasteiger charge is -2.12. The molecule has 2 heterocycles. The van der Waals surface area contributed by atoms with Crippen LogP contribution in [0, 0.1) is 0 Å². The number of para-hydroxylation sites is 1. The molecule has 1 aliphatic heterocycles. The fraction of sp³-hybridized carbons (Fsp3) is 0.385. The van der Waals surface area contributed by atoms with Gasteiger partial charge < -0.3 is 10.4 Å². The average molecular weight is 245 g/mol. The molecule has 1 fully saturated rings. The van der Waals surface area contributed by atoms with E-state index in [1.165, 1.54) is 12.4 Å². The van der Waals surface area contributed by atoms with Gasteiger partial charge in [-0.05, 0) is 31.5 Å². The zero-order chi connectivity index (χ0) is 12.5. The van der Waals surface area contributed by atoms with Crippen LogP contribution in [0.15, 0.2) is 29.3 Å². The molecule has 0 bridgehead atoms. The summed E-state index contributed by atoms with van der Waals surface area (Å²) in [6, 6.07) is 5.25. The van der Waals surface area contributed by atoms with Gasteiger partial charge in [0.15, 0.2) is 0 Å². The number of nitrogens with zero attached hydrogens (tertiary/aromatic N) is 2. The first-order valence-electron chi connectivity index (χ1n) is 6.16. The molecule has 1 saturated heterocycles. The quantitative estimate of drug-likeness (QED) is 0.823. The summed E-state index contributed by atoms with van der Waals surface area (Å²) in [4.78, 5) is 16.4. The number of aromatic hydroxyl groups is 1. The van der Waals surface area contributed by atoms with E-state index in [9.17, 15) is 9.90 Å². The van der Waals surface area contributed by atoms with Crippen LogP contribution in [0.5, 0.6) is 5.75 Å². The molecule has 18 heavy (non-hydrogen) atoms. The first-order chi connectivity index (χ1) is 8.75. The highest BCUT2D eigenvalue weighted by Gasteiger charge is 2.16. The summed E-state index contributed by atoms with van der Waals surface area (Å²) in [5.41, 5.74) is 0.280. The van der Waals surface area contributed by atoms with Gasteiger partial charge in [-0.1, -0.05) is 6.07 Å². The number of rotatable bonds is 2. The van der Waals surface area contributed by atoms with Crippen LogP contribution in [-0.4, -0.2) is 27.2 Å². The van der Waals surface area contributed by atoms with Crippen molar-refractivity contribution in [2.24, 2.45) is 0 Å². The number of phenols is 1. The Morgan fingerprint density at radius 2 is 2.39 bits per heavy atom. The Morgan fingerprint density at radius 1 is 1.50 bits per heavy atom. The van der Waals surface area contributed by atoms with Crippen LogP contribution in [0.4, 0.5) is 0 Å². The number of aromatic nitrogens is 2. The van der Waals surface area contributed by atoms with Gasteiger partial charge in [-0.15, -0.1) is 0 Å². The Balaban J connectivity index is 2.03. The Labute approximate surface area is 104 Å². The summed E-state index contributed by atoms with van der Waals surface area (Å²) >= 11 is 0. The van der Waals surface area contributed by atoms with Gasteiger partial charge in [-0.25, -0.2) is 4.98 Å². The van der Waals surface area contributed by atoms with Crippen molar-refractivity contribution in [3.05, 3.63) is 34.9 Å². The molecule has 1 atom stereocenters. The van der Waals surface area contributed by atoms with Gasteiger partial charge in [0.25, 0.3) is 5.56 Å². The molecule has 1 aromatic carbocycles. The molecule has 3 rings (SSSR count). The van der Waals surface area contributed by atoms with Crippen LogP contribution in [-0.2, 0) is 6.54 Å². The lowest BCUT2D eigenvalue weighted by atomic mass is 10.2. The fourth-order valence-corrected chi connectivity index (χ4v) is 2.45. The number of hydrogen-bond acceptors (Lipinski definition) is 4. The van der Waals surface area contributed by atoms with Crippen molar-refractivity contribution in [2.45, 2.75) is 25.4 Å². The lowest BCUT2D eigenvalue weighted by Crippen LogP contribution is -2.32. The van der Waals surface area contributed by atoms with E-state index in [-0.39, 0.29) is 11.3 Å². The van der Waals surface area contributed by atoms with Crippen molar-refractivity contribution in [1.29, 1.82) is 0 Å². The third-order valence-corrected chi connectivity index (χ3v) is 3.41. The third-order valence-electron chi connectivity index (χ3n) is 3.41. The first kappa shape index (κ1) is 11.2. The van der Waals surface area contributed by atoms with Crippen LogP contribution >= 0.6 is 0 Å². The van der Waals surface area contributed by atoms with Crippen molar-refractivity contribution in [3.8, 4) is 5.75 Å². The molecule has 0 amide bonds. The molecule has 0 aliphatic carbocycles. The Kier molecular flexibility index (Phi) is 2.76. The smallest absolute Gasteiger partial charge is 0.261 e. The van der Waals surface area contributed by atoms with Crippen LogP contribution in [0.1, 0.15) is 12.8 Å². The highest BCUT2D eigenvalue weighted by Crippen LogP contribution is 2.18. The molecule has 1 unspecified atom stereocenters. The molecule has 1 aromatic heterocycles. The van der Waals surface area contributed by atoms with E-state index in [0.29, 0.717) is 23.5 Å². The SMILES string of the molecule is O=c1c2cccc(O)c2ncn1CC1CCCN1. The maximum Gasteiger partial charge on any atom is 0.261 e. The van der Waals surface area contributed by atoms with E-state index >= 15 is 0 Å². The molecule has 5 heteroatoms. The zero-order valence-electron chi connectivity index (χ0n) is 9.97. The second-order valence-electron chi connectivity index (χ2n) is 4.67. The first-order valence-corrected chi connectivity index (χ1v) is 6.16. The second kappa shape index (κ2) is 4.42. The molecule has 2 N–H and O–H groups in total. The highest BCUT2D eigenvalue weighted by molar-refractivity contribution is 5.82. The van der Waals surface area contributed by atoms with Gasteiger partial charge in [-0.3, -0.25) is 9.36 Å². The molecule has 0 saturated carbocycles. The molecule has 1 aliphatic rings. The normalized spacial score (nSPS) is 19.4. The van der Waals surface area contributed by atoms with E-state index in [4.69, 9.17) is 0 Å². The average Bonchev–Trinajstić information content (AvgIpc) is 2.86. The van der Waals surface area contributed by atoms with Crippen molar-refractivity contribution >= 4 is 10.9 Å². The number of phenolic OH excluding ortho intramolecular Hbond substituents is 1. The monoisotopic (exact) mass is 245 g/mol. The number of hydrogen-bond donors (Lipinski definition) is 2. The van der Waals surface area contributed by atoms with Gasteiger partial charge in [0, 0.05) is 12.6 Å². The van der Waals surface area contributed by atoms with Crippen molar-refractivity contribution < 1.29 is 5.11 Å². The lowest BCUT2D eigenvalue weighted by molar-refractivity contribution is 0.478. The van der Waals surface area contributed by atoms with E-state index in [2.05, 4.69) is 10.3 Å². The molecule has 94 valence electrons.